The Balaban J connectivity index is 1.26. The molecule has 0 aromatic heterocycles. The van der Waals surface area contributed by atoms with Crippen molar-refractivity contribution >= 4 is 60.5 Å². The SMILES string of the molecule is CCOc1ccc(Cl)cc1S(=O)(=O)N1CCC(C(=O)Nc2ccc3c(c2)N(S(=O)(=O)c2ccc(Cl)cc2)CC3)CC1. The predicted molar refractivity (Wildman–Crippen MR) is 159 cm³/mol. The van der Waals surface area contributed by atoms with Crippen LogP contribution in [0.3, 0.4) is 0 Å². The number of amides is 1. The molecule has 3 aromatic rings. The third kappa shape index (κ3) is 6.05. The standard InChI is InChI=1S/C28H29Cl2N3O6S2/c1-2-39-26-10-6-22(30)17-27(26)41(37,38)32-14-11-20(12-15-32)28(34)31-23-7-3-19-13-16-33(25(19)18-23)40(35,36)24-8-4-21(29)5-9-24/h3-10,17-18,20H,2,11-16H2,1H3,(H,31,34). The van der Waals surface area contributed by atoms with Gasteiger partial charge in [0.25, 0.3) is 10.0 Å². The van der Waals surface area contributed by atoms with E-state index < -0.39 is 26.0 Å². The van der Waals surface area contributed by atoms with Crippen molar-refractivity contribution in [2.45, 2.75) is 36.0 Å². The van der Waals surface area contributed by atoms with Gasteiger partial charge in [-0.1, -0.05) is 29.3 Å². The first-order valence-corrected chi connectivity index (χ1v) is 16.8. The minimum Gasteiger partial charge on any atom is -0.492 e. The molecular weight excluding hydrogens is 609 g/mol. The van der Waals surface area contributed by atoms with E-state index in [9.17, 15) is 21.6 Å². The Morgan fingerprint density at radius 2 is 1.59 bits per heavy atom. The average Bonchev–Trinajstić information content (AvgIpc) is 3.38. The number of piperidine rings is 1. The predicted octanol–water partition coefficient (Wildman–Crippen LogP) is 5.18. The zero-order chi connectivity index (χ0) is 29.4. The largest absolute Gasteiger partial charge is 0.492 e. The lowest BCUT2D eigenvalue weighted by atomic mass is 9.97. The van der Waals surface area contributed by atoms with Crippen LogP contribution < -0.4 is 14.4 Å². The van der Waals surface area contributed by atoms with Crippen LogP contribution in [-0.4, -0.2) is 53.3 Å². The molecule has 2 aliphatic heterocycles. The van der Waals surface area contributed by atoms with Crippen LogP contribution in [0.1, 0.15) is 25.3 Å². The Hall–Kier alpha value is -2.83. The molecule has 2 heterocycles. The fourth-order valence-electron chi connectivity index (χ4n) is 5.11. The summed E-state index contributed by atoms with van der Waals surface area (Å²) in [7, 11) is -7.68. The maximum atomic E-state index is 13.4. The van der Waals surface area contributed by atoms with E-state index in [4.69, 9.17) is 27.9 Å². The minimum absolute atomic E-state index is 0.00555. The topological polar surface area (TPSA) is 113 Å². The number of nitrogens with zero attached hydrogens (tertiary/aromatic N) is 2. The second-order valence-electron chi connectivity index (χ2n) is 9.82. The van der Waals surface area contributed by atoms with Gasteiger partial charge in [-0.25, -0.2) is 16.8 Å². The van der Waals surface area contributed by atoms with Gasteiger partial charge in [0.2, 0.25) is 15.9 Å². The van der Waals surface area contributed by atoms with Gasteiger partial charge in [0.1, 0.15) is 10.6 Å². The summed E-state index contributed by atoms with van der Waals surface area (Å²) in [5.41, 5.74) is 1.86. The van der Waals surface area contributed by atoms with E-state index in [1.165, 1.54) is 45.0 Å². The first kappa shape index (κ1) is 29.7. The Morgan fingerprint density at radius 3 is 2.27 bits per heavy atom. The van der Waals surface area contributed by atoms with Crippen molar-refractivity contribution in [2.75, 3.05) is 35.9 Å². The van der Waals surface area contributed by atoms with E-state index in [0.717, 1.165) is 5.56 Å². The lowest BCUT2D eigenvalue weighted by molar-refractivity contribution is -0.120. The van der Waals surface area contributed by atoms with Crippen LogP contribution in [0, 0.1) is 5.92 Å². The van der Waals surface area contributed by atoms with Gasteiger partial charge >= 0.3 is 0 Å². The number of hydrogen-bond acceptors (Lipinski definition) is 6. The van der Waals surface area contributed by atoms with Gasteiger partial charge in [0, 0.05) is 41.3 Å². The van der Waals surface area contributed by atoms with E-state index in [-0.39, 0.29) is 39.6 Å². The lowest BCUT2D eigenvalue weighted by Gasteiger charge is -2.31. The molecule has 218 valence electrons. The van der Waals surface area contributed by atoms with Crippen molar-refractivity contribution < 1.29 is 26.4 Å². The van der Waals surface area contributed by atoms with E-state index >= 15 is 0 Å². The van der Waals surface area contributed by atoms with Crippen molar-refractivity contribution in [1.82, 2.24) is 4.31 Å². The molecule has 0 atom stereocenters. The van der Waals surface area contributed by atoms with E-state index in [2.05, 4.69) is 5.32 Å². The van der Waals surface area contributed by atoms with Gasteiger partial charge in [0.05, 0.1) is 17.2 Å². The summed E-state index contributed by atoms with van der Waals surface area (Å²) in [6.45, 7) is 2.69. The third-order valence-corrected chi connectivity index (χ3v) is 11.5. The molecule has 0 radical (unpaired) electrons. The number of nitrogens with one attached hydrogen (secondary N) is 1. The highest BCUT2D eigenvalue weighted by Gasteiger charge is 2.35. The number of hydrogen-bond donors (Lipinski definition) is 1. The molecular formula is C28H29Cl2N3O6S2. The molecule has 3 aromatic carbocycles. The van der Waals surface area contributed by atoms with Crippen LogP contribution in [0.15, 0.2) is 70.5 Å². The van der Waals surface area contributed by atoms with Crippen LogP contribution in [0.25, 0.3) is 0 Å². The molecule has 5 rings (SSSR count). The maximum Gasteiger partial charge on any atom is 0.264 e. The van der Waals surface area contributed by atoms with Crippen LogP contribution in [0.2, 0.25) is 10.0 Å². The number of ether oxygens (including phenoxy) is 1. The Labute approximate surface area is 250 Å². The number of carbonyl (C=O) groups is 1. The molecule has 1 N–H and O–H groups in total. The molecule has 2 aliphatic rings. The quantitative estimate of drug-likeness (QED) is 0.364. The van der Waals surface area contributed by atoms with E-state index in [1.54, 1.807) is 25.1 Å². The minimum atomic E-state index is -3.88. The van der Waals surface area contributed by atoms with Gasteiger partial charge in [-0.3, -0.25) is 9.10 Å². The zero-order valence-corrected chi connectivity index (χ0v) is 25.4. The molecule has 1 amide bonds. The van der Waals surface area contributed by atoms with E-state index in [0.29, 0.717) is 48.8 Å². The molecule has 41 heavy (non-hydrogen) atoms. The Kier molecular flexibility index (Phi) is 8.54. The van der Waals surface area contributed by atoms with Crippen molar-refractivity contribution in [2.24, 2.45) is 5.92 Å². The summed E-state index contributed by atoms with van der Waals surface area (Å²) in [6, 6.07) is 15.7. The van der Waals surface area contributed by atoms with Crippen molar-refractivity contribution in [3.05, 3.63) is 76.3 Å². The number of sulfonamides is 2. The molecule has 0 bridgehead atoms. The Morgan fingerprint density at radius 1 is 0.902 bits per heavy atom. The van der Waals surface area contributed by atoms with Crippen molar-refractivity contribution in [3.8, 4) is 5.75 Å². The summed E-state index contributed by atoms with van der Waals surface area (Å²) in [5.74, 6) is -0.417. The molecule has 13 heteroatoms. The number of anilines is 2. The monoisotopic (exact) mass is 637 g/mol. The number of rotatable bonds is 8. The summed E-state index contributed by atoms with van der Waals surface area (Å²) in [5, 5.41) is 3.63. The number of halogens is 2. The zero-order valence-electron chi connectivity index (χ0n) is 22.2. The van der Waals surface area contributed by atoms with Crippen LogP contribution in [0.4, 0.5) is 11.4 Å². The Bertz CT molecular complexity index is 1670. The fourth-order valence-corrected chi connectivity index (χ4v) is 8.60. The molecule has 0 saturated carbocycles. The first-order chi connectivity index (χ1) is 19.5. The number of carbonyl (C=O) groups excluding carboxylic acids is 1. The molecule has 0 spiro atoms. The maximum absolute atomic E-state index is 13.4. The molecule has 0 unspecified atom stereocenters. The van der Waals surface area contributed by atoms with Gasteiger partial charge in [0.15, 0.2) is 0 Å². The molecule has 1 saturated heterocycles. The van der Waals surface area contributed by atoms with Crippen LogP contribution >= 0.6 is 23.2 Å². The second-order valence-corrected chi connectivity index (χ2v) is 14.5. The summed E-state index contributed by atoms with van der Waals surface area (Å²) >= 11 is 12.0. The van der Waals surface area contributed by atoms with Gasteiger partial charge < -0.3 is 10.1 Å². The number of fused-ring (bicyclic) bond motifs is 1. The highest BCUT2D eigenvalue weighted by molar-refractivity contribution is 7.92. The van der Waals surface area contributed by atoms with Crippen LogP contribution in [-0.2, 0) is 31.3 Å². The van der Waals surface area contributed by atoms with Gasteiger partial charge in [-0.2, -0.15) is 4.31 Å². The average molecular weight is 639 g/mol. The summed E-state index contributed by atoms with van der Waals surface area (Å²) in [4.78, 5) is 13.3. The summed E-state index contributed by atoms with van der Waals surface area (Å²) in [6.07, 6.45) is 1.22. The first-order valence-electron chi connectivity index (χ1n) is 13.2. The van der Waals surface area contributed by atoms with Crippen molar-refractivity contribution in [1.29, 1.82) is 0 Å². The van der Waals surface area contributed by atoms with Gasteiger partial charge in [-0.05, 0) is 86.3 Å². The normalized spacial score (nSPS) is 16.4. The molecule has 1 fully saturated rings. The molecule has 9 nitrogen and oxygen atoms in total. The van der Waals surface area contributed by atoms with E-state index in [1.807, 2.05) is 6.07 Å². The van der Waals surface area contributed by atoms with Gasteiger partial charge in [-0.15, -0.1) is 0 Å². The highest BCUT2D eigenvalue weighted by atomic mass is 35.5. The highest BCUT2D eigenvalue weighted by Crippen LogP contribution is 2.36. The lowest BCUT2D eigenvalue weighted by Crippen LogP contribution is -2.41. The second kappa shape index (κ2) is 11.8. The van der Waals surface area contributed by atoms with Crippen molar-refractivity contribution in [3.63, 3.8) is 0 Å². The van der Waals surface area contributed by atoms with Crippen LogP contribution in [0.5, 0.6) is 5.75 Å². The summed E-state index contributed by atoms with van der Waals surface area (Å²) < 4.78 is 61.6. The smallest absolute Gasteiger partial charge is 0.264 e. The number of benzene rings is 3. The fraction of sp³-hybridized carbons (Fsp3) is 0.321. The third-order valence-electron chi connectivity index (χ3n) is 7.26. The molecule has 0 aliphatic carbocycles.